The van der Waals surface area contributed by atoms with Gasteiger partial charge in [-0.05, 0) is 46.8 Å². The Morgan fingerprint density at radius 3 is 2.18 bits per heavy atom. The fraction of sp³-hybridized carbons (Fsp3) is 0.364. The van der Waals surface area contributed by atoms with E-state index in [4.69, 9.17) is 14.2 Å². The van der Waals surface area contributed by atoms with Crippen LogP contribution in [0.3, 0.4) is 0 Å². The Kier molecular flexibility index (Phi) is 6.68. The van der Waals surface area contributed by atoms with Gasteiger partial charge in [0.05, 0.1) is 33.6 Å². The first-order chi connectivity index (χ1) is 16.0. The van der Waals surface area contributed by atoms with Gasteiger partial charge in [0.1, 0.15) is 5.82 Å². The molecule has 0 spiro atoms. The lowest BCUT2D eigenvalue weighted by Gasteiger charge is -2.34. The van der Waals surface area contributed by atoms with Gasteiger partial charge < -0.3 is 19.1 Å². The van der Waals surface area contributed by atoms with Crippen LogP contribution in [0.15, 0.2) is 36.4 Å². The van der Waals surface area contributed by atoms with Crippen molar-refractivity contribution in [1.29, 1.82) is 0 Å². The minimum atomic E-state index is -0.318. The number of piperazine rings is 1. The van der Waals surface area contributed by atoms with Crippen LogP contribution >= 0.6 is 0 Å². The Balaban J connectivity index is 1.41. The Morgan fingerprint density at radius 2 is 1.61 bits per heavy atom. The fourth-order valence-corrected chi connectivity index (χ4v) is 3.78. The van der Waals surface area contributed by atoms with E-state index in [2.05, 4.69) is 20.4 Å². The molecule has 0 radical (unpaired) electrons. The zero-order valence-electron chi connectivity index (χ0n) is 18.7. The van der Waals surface area contributed by atoms with Gasteiger partial charge in [0.15, 0.2) is 17.3 Å². The van der Waals surface area contributed by atoms with Crippen molar-refractivity contribution in [3.63, 3.8) is 0 Å². The highest BCUT2D eigenvalue weighted by molar-refractivity contribution is 5.95. The molecule has 3 aromatic rings. The highest BCUT2D eigenvalue weighted by atomic mass is 19.1. The van der Waals surface area contributed by atoms with Gasteiger partial charge in [0, 0.05) is 31.7 Å². The third-order valence-corrected chi connectivity index (χ3v) is 5.54. The molecule has 0 saturated carbocycles. The van der Waals surface area contributed by atoms with Crippen molar-refractivity contribution in [1.82, 2.24) is 30.0 Å². The first kappa shape index (κ1) is 22.5. The van der Waals surface area contributed by atoms with Crippen LogP contribution in [-0.2, 0) is 6.54 Å². The number of amides is 1. The molecular formula is C22H25FN6O4. The van der Waals surface area contributed by atoms with E-state index >= 15 is 0 Å². The SMILES string of the molecule is COc1cc(C(=O)N2CCN(Cc3nnnn3-c3ccc(F)cc3)CC2)cc(OC)c1OC. The van der Waals surface area contributed by atoms with E-state index in [0.717, 1.165) is 0 Å². The molecule has 11 heteroatoms. The molecule has 0 N–H and O–H groups in total. The Bertz CT molecular complexity index is 1090. The van der Waals surface area contributed by atoms with Crippen molar-refractivity contribution in [2.45, 2.75) is 6.54 Å². The highest BCUT2D eigenvalue weighted by Gasteiger charge is 2.25. The normalized spacial score (nSPS) is 14.2. The molecule has 0 unspecified atom stereocenters. The van der Waals surface area contributed by atoms with E-state index < -0.39 is 0 Å². The number of rotatable bonds is 7. The van der Waals surface area contributed by atoms with Gasteiger partial charge in [0.2, 0.25) is 5.75 Å². The predicted octanol–water partition coefficient (Wildman–Crippen LogP) is 1.79. The predicted molar refractivity (Wildman–Crippen MR) is 116 cm³/mol. The van der Waals surface area contributed by atoms with Crippen LogP contribution in [0.1, 0.15) is 16.2 Å². The van der Waals surface area contributed by atoms with Crippen molar-refractivity contribution in [3.05, 3.63) is 53.6 Å². The molecule has 1 saturated heterocycles. The van der Waals surface area contributed by atoms with Crippen LogP contribution in [0, 0.1) is 5.82 Å². The zero-order valence-corrected chi connectivity index (χ0v) is 18.7. The van der Waals surface area contributed by atoms with Crippen molar-refractivity contribution < 1.29 is 23.4 Å². The number of methoxy groups -OCH3 is 3. The van der Waals surface area contributed by atoms with Gasteiger partial charge >= 0.3 is 0 Å². The summed E-state index contributed by atoms with van der Waals surface area (Å²) in [4.78, 5) is 17.1. The molecule has 174 valence electrons. The van der Waals surface area contributed by atoms with Gasteiger partial charge in [-0.3, -0.25) is 9.69 Å². The molecule has 0 atom stereocenters. The molecule has 4 rings (SSSR count). The van der Waals surface area contributed by atoms with Crippen LogP contribution in [0.2, 0.25) is 0 Å². The summed E-state index contributed by atoms with van der Waals surface area (Å²) < 4.78 is 30.9. The molecule has 2 heterocycles. The third kappa shape index (κ3) is 4.72. The number of benzene rings is 2. The molecule has 10 nitrogen and oxygen atoms in total. The second-order valence-corrected chi connectivity index (χ2v) is 7.47. The fourth-order valence-electron chi connectivity index (χ4n) is 3.78. The summed E-state index contributed by atoms with van der Waals surface area (Å²) in [5.74, 6) is 1.54. The number of halogens is 1. The van der Waals surface area contributed by atoms with Crippen LogP contribution < -0.4 is 14.2 Å². The Labute approximate surface area is 190 Å². The standard InChI is InChI=1S/C22H25FN6O4/c1-31-18-12-15(13-19(32-2)21(18)33-3)22(30)28-10-8-27(9-11-28)14-20-24-25-26-29(20)17-6-4-16(23)5-7-17/h4-7,12-13H,8-11,14H2,1-3H3. The maximum Gasteiger partial charge on any atom is 0.254 e. The molecule has 0 aliphatic carbocycles. The Morgan fingerprint density at radius 1 is 0.970 bits per heavy atom. The summed E-state index contributed by atoms with van der Waals surface area (Å²) in [7, 11) is 4.56. The van der Waals surface area contributed by atoms with Crippen LogP contribution in [-0.4, -0.2) is 83.4 Å². The summed E-state index contributed by atoms with van der Waals surface area (Å²) in [6.07, 6.45) is 0. The number of hydrogen-bond donors (Lipinski definition) is 0. The lowest BCUT2D eigenvalue weighted by atomic mass is 10.1. The van der Waals surface area contributed by atoms with E-state index in [-0.39, 0.29) is 11.7 Å². The number of carbonyl (C=O) groups is 1. The van der Waals surface area contributed by atoms with Crippen molar-refractivity contribution >= 4 is 5.91 Å². The summed E-state index contributed by atoms with van der Waals surface area (Å²) >= 11 is 0. The Hall–Kier alpha value is -3.73. The maximum absolute atomic E-state index is 13.2. The van der Waals surface area contributed by atoms with Crippen molar-refractivity contribution in [3.8, 4) is 22.9 Å². The van der Waals surface area contributed by atoms with E-state index in [1.54, 1.807) is 33.8 Å². The summed E-state index contributed by atoms with van der Waals surface area (Å²) in [6.45, 7) is 2.93. The highest BCUT2D eigenvalue weighted by Crippen LogP contribution is 2.38. The van der Waals surface area contributed by atoms with E-state index in [1.807, 2.05) is 0 Å². The minimum Gasteiger partial charge on any atom is -0.493 e. The molecule has 0 bridgehead atoms. The largest absolute Gasteiger partial charge is 0.493 e. The summed E-state index contributed by atoms with van der Waals surface area (Å²) in [5.41, 5.74) is 1.16. The number of aromatic nitrogens is 4. The van der Waals surface area contributed by atoms with Gasteiger partial charge in [-0.25, -0.2) is 4.39 Å². The van der Waals surface area contributed by atoms with Gasteiger partial charge in [-0.2, -0.15) is 4.68 Å². The third-order valence-electron chi connectivity index (χ3n) is 5.54. The number of nitrogens with zero attached hydrogens (tertiary/aromatic N) is 6. The maximum atomic E-state index is 13.2. The molecule has 2 aromatic carbocycles. The first-order valence-corrected chi connectivity index (χ1v) is 10.4. The second-order valence-electron chi connectivity index (χ2n) is 7.47. The number of ether oxygens (including phenoxy) is 3. The van der Waals surface area contributed by atoms with Gasteiger partial charge in [-0.15, -0.1) is 5.10 Å². The summed E-state index contributed by atoms with van der Waals surface area (Å²) in [5, 5.41) is 11.9. The molecule has 1 aliphatic rings. The average molecular weight is 456 g/mol. The van der Waals surface area contributed by atoms with Gasteiger partial charge in [-0.1, -0.05) is 0 Å². The molecule has 1 aliphatic heterocycles. The number of carbonyl (C=O) groups excluding carboxylic acids is 1. The van der Waals surface area contributed by atoms with E-state index in [1.165, 1.54) is 33.5 Å². The van der Waals surface area contributed by atoms with Gasteiger partial charge in [0.25, 0.3) is 5.91 Å². The second kappa shape index (κ2) is 9.82. The smallest absolute Gasteiger partial charge is 0.254 e. The lowest BCUT2D eigenvalue weighted by Crippen LogP contribution is -2.48. The quantitative estimate of drug-likeness (QED) is 0.531. The first-order valence-electron chi connectivity index (χ1n) is 10.4. The molecule has 33 heavy (non-hydrogen) atoms. The van der Waals surface area contributed by atoms with Crippen LogP contribution in [0.5, 0.6) is 17.2 Å². The molecule has 1 aromatic heterocycles. The van der Waals surface area contributed by atoms with Crippen LogP contribution in [0.4, 0.5) is 4.39 Å². The number of hydrogen-bond acceptors (Lipinski definition) is 8. The zero-order chi connectivity index (χ0) is 23.4. The molecule has 1 amide bonds. The number of tetrazole rings is 1. The van der Waals surface area contributed by atoms with E-state index in [0.29, 0.717) is 67.0 Å². The molecule has 1 fully saturated rings. The van der Waals surface area contributed by atoms with E-state index in [9.17, 15) is 9.18 Å². The van der Waals surface area contributed by atoms with Crippen molar-refractivity contribution in [2.24, 2.45) is 0 Å². The van der Waals surface area contributed by atoms with Crippen LogP contribution in [0.25, 0.3) is 5.69 Å². The summed E-state index contributed by atoms with van der Waals surface area (Å²) in [6, 6.07) is 9.31. The monoisotopic (exact) mass is 456 g/mol. The topological polar surface area (TPSA) is 94.8 Å². The molecular weight excluding hydrogens is 431 g/mol. The lowest BCUT2D eigenvalue weighted by molar-refractivity contribution is 0.0623. The average Bonchev–Trinajstić information content (AvgIpc) is 3.31. The minimum absolute atomic E-state index is 0.106. The van der Waals surface area contributed by atoms with Crippen molar-refractivity contribution in [2.75, 3.05) is 47.5 Å².